The molecule has 24 heavy (non-hydrogen) atoms. The zero-order valence-electron chi connectivity index (χ0n) is 13.8. The lowest BCUT2D eigenvalue weighted by atomic mass is 10.1. The van der Waals surface area contributed by atoms with Crippen LogP contribution in [0.25, 0.3) is 11.3 Å². The Morgan fingerprint density at radius 2 is 2.04 bits per heavy atom. The van der Waals surface area contributed by atoms with Gasteiger partial charge in [-0.15, -0.1) is 0 Å². The first-order valence-electron chi connectivity index (χ1n) is 7.79. The smallest absolute Gasteiger partial charge is 0.281 e. The summed E-state index contributed by atoms with van der Waals surface area (Å²) in [5, 5.41) is 2.92. The van der Waals surface area contributed by atoms with E-state index in [-0.39, 0.29) is 11.4 Å². The highest BCUT2D eigenvalue weighted by Crippen LogP contribution is 2.15. The van der Waals surface area contributed by atoms with E-state index < -0.39 is 0 Å². The summed E-state index contributed by atoms with van der Waals surface area (Å²) in [6, 6.07) is 5.68. The molecule has 0 saturated heterocycles. The van der Waals surface area contributed by atoms with Crippen LogP contribution in [0, 0.1) is 5.82 Å². The van der Waals surface area contributed by atoms with Gasteiger partial charge in [0.2, 0.25) is 0 Å². The van der Waals surface area contributed by atoms with Crippen molar-refractivity contribution in [3.05, 3.63) is 64.2 Å². The summed E-state index contributed by atoms with van der Waals surface area (Å²) in [7, 11) is 1.75. The van der Waals surface area contributed by atoms with Crippen LogP contribution in [-0.4, -0.2) is 22.9 Å². The highest BCUT2D eigenvalue weighted by Gasteiger charge is 2.13. The number of nitrogens with zero attached hydrogens (tertiary/aromatic N) is 2. The van der Waals surface area contributed by atoms with Gasteiger partial charge in [-0.05, 0) is 42.7 Å². The van der Waals surface area contributed by atoms with Crippen LogP contribution in [0.1, 0.15) is 31.2 Å². The van der Waals surface area contributed by atoms with Crippen molar-refractivity contribution in [2.45, 2.75) is 26.2 Å². The third-order valence-corrected chi connectivity index (χ3v) is 3.58. The second-order valence-corrected chi connectivity index (χ2v) is 5.25. The van der Waals surface area contributed by atoms with Gasteiger partial charge in [-0.25, -0.2) is 9.37 Å². The first kappa shape index (κ1) is 17.6. The molecule has 0 aliphatic carbocycles. The Kier molecular flexibility index (Phi) is 6.01. The van der Waals surface area contributed by atoms with E-state index in [1.165, 1.54) is 28.8 Å². The Morgan fingerprint density at radius 3 is 2.62 bits per heavy atom. The molecule has 1 N–H and O–H groups in total. The molecule has 126 valence electrons. The number of allylic oxidation sites excluding steroid dienone is 1. The lowest BCUT2D eigenvalue weighted by molar-refractivity contribution is -0.107. The SMILES string of the molecule is CC/C(=C\NC)c1nc(CCC=O)cn(-c2ccc(F)cc2)c1=O. The molecule has 6 heteroatoms. The van der Waals surface area contributed by atoms with Crippen LogP contribution in [0.5, 0.6) is 0 Å². The number of carbonyl (C=O) groups excluding carboxylic acids is 1. The van der Waals surface area contributed by atoms with Crippen LogP contribution in [0.3, 0.4) is 0 Å². The molecule has 0 aliphatic rings. The van der Waals surface area contributed by atoms with Gasteiger partial charge in [-0.3, -0.25) is 9.36 Å². The molecule has 0 bridgehead atoms. The molecule has 0 spiro atoms. The van der Waals surface area contributed by atoms with Gasteiger partial charge in [-0.2, -0.15) is 0 Å². The van der Waals surface area contributed by atoms with Crippen molar-refractivity contribution in [3.8, 4) is 5.69 Å². The van der Waals surface area contributed by atoms with Crippen molar-refractivity contribution in [2.24, 2.45) is 0 Å². The number of benzene rings is 1. The lowest BCUT2D eigenvalue weighted by Gasteiger charge is -2.12. The Balaban J connectivity index is 2.64. The maximum Gasteiger partial charge on any atom is 0.281 e. The predicted octanol–water partition coefficient (Wildman–Crippen LogP) is 2.47. The van der Waals surface area contributed by atoms with Crippen molar-refractivity contribution < 1.29 is 9.18 Å². The van der Waals surface area contributed by atoms with Crippen molar-refractivity contribution in [3.63, 3.8) is 0 Å². The number of carbonyl (C=O) groups is 1. The Labute approximate surface area is 139 Å². The summed E-state index contributed by atoms with van der Waals surface area (Å²) in [5.41, 5.74) is 2.01. The number of aryl methyl sites for hydroxylation is 1. The molecule has 1 aromatic heterocycles. The molecule has 0 fully saturated rings. The lowest BCUT2D eigenvalue weighted by Crippen LogP contribution is -2.25. The third-order valence-electron chi connectivity index (χ3n) is 3.58. The first-order valence-corrected chi connectivity index (χ1v) is 7.79. The van der Waals surface area contributed by atoms with Crippen molar-refractivity contribution in [1.82, 2.24) is 14.9 Å². The molecule has 5 nitrogen and oxygen atoms in total. The summed E-state index contributed by atoms with van der Waals surface area (Å²) >= 11 is 0. The van der Waals surface area contributed by atoms with E-state index in [9.17, 15) is 14.0 Å². The molecule has 0 amide bonds. The largest absolute Gasteiger partial charge is 0.394 e. The number of hydrogen-bond donors (Lipinski definition) is 1. The van der Waals surface area contributed by atoms with Crippen LogP contribution < -0.4 is 10.9 Å². The fourth-order valence-electron chi connectivity index (χ4n) is 2.38. The maximum atomic E-state index is 13.2. The maximum absolute atomic E-state index is 13.2. The molecule has 2 rings (SSSR count). The fraction of sp³-hybridized carbons (Fsp3) is 0.278. The van der Waals surface area contributed by atoms with E-state index >= 15 is 0 Å². The monoisotopic (exact) mass is 329 g/mol. The number of hydrogen-bond acceptors (Lipinski definition) is 4. The van der Waals surface area contributed by atoms with E-state index in [1.807, 2.05) is 6.92 Å². The average molecular weight is 329 g/mol. The predicted molar refractivity (Wildman–Crippen MR) is 91.5 cm³/mol. The molecule has 0 saturated carbocycles. The molecule has 0 aliphatic heterocycles. The summed E-state index contributed by atoms with van der Waals surface area (Å²) in [6.45, 7) is 1.94. The van der Waals surface area contributed by atoms with Crippen molar-refractivity contribution in [1.29, 1.82) is 0 Å². The summed E-state index contributed by atoms with van der Waals surface area (Å²) in [6.07, 6.45) is 5.56. The normalized spacial score (nSPS) is 11.4. The van der Waals surface area contributed by atoms with Gasteiger partial charge >= 0.3 is 0 Å². The third kappa shape index (κ3) is 3.95. The Hall–Kier alpha value is -2.76. The standard InChI is InChI=1S/C18H20FN3O2/c1-3-13(11-20-2)17-18(24)22(12-15(21-17)5-4-10-23)16-8-6-14(19)7-9-16/h6-12,20H,3-5H2,1-2H3/b13-11+. The van der Waals surface area contributed by atoms with Crippen LogP contribution in [0.4, 0.5) is 4.39 Å². The Morgan fingerprint density at radius 1 is 1.33 bits per heavy atom. The zero-order valence-corrected chi connectivity index (χ0v) is 13.8. The quantitative estimate of drug-likeness (QED) is 0.793. The van der Waals surface area contributed by atoms with Gasteiger partial charge in [0.25, 0.3) is 5.56 Å². The number of aromatic nitrogens is 2. The Bertz CT molecular complexity index is 795. The number of halogens is 1. The second kappa shape index (κ2) is 8.19. The fourth-order valence-corrected chi connectivity index (χ4v) is 2.38. The molecule has 1 aromatic carbocycles. The number of aldehydes is 1. The number of rotatable bonds is 7. The topological polar surface area (TPSA) is 64.0 Å². The van der Waals surface area contributed by atoms with Gasteiger partial charge in [0.1, 0.15) is 17.8 Å². The van der Waals surface area contributed by atoms with Gasteiger partial charge in [0.05, 0.1) is 5.69 Å². The van der Waals surface area contributed by atoms with Crippen LogP contribution in [0.2, 0.25) is 0 Å². The minimum atomic E-state index is -0.369. The highest BCUT2D eigenvalue weighted by molar-refractivity contribution is 5.62. The number of nitrogens with one attached hydrogen (secondary N) is 1. The highest BCUT2D eigenvalue weighted by atomic mass is 19.1. The first-order chi connectivity index (χ1) is 11.6. The van der Waals surface area contributed by atoms with E-state index in [0.29, 0.717) is 36.3 Å². The van der Waals surface area contributed by atoms with Gasteiger partial charge in [0, 0.05) is 31.6 Å². The van der Waals surface area contributed by atoms with Crippen molar-refractivity contribution in [2.75, 3.05) is 7.05 Å². The van der Waals surface area contributed by atoms with Crippen LogP contribution in [0.15, 0.2) is 41.5 Å². The molecular weight excluding hydrogens is 309 g/mol. The molecule has 0 unspecified atom stereocenters. The molecule has 0 atom stereocenters. The van der Waals surface area contributed by atoms with Gasteiger partial charge in [-0.1, -0.05) is 6.92 Å². The van der Waals surface area contributed by atoms with E-state index in [1.54, 1.807) is 19.4 Å². The van der Waals surface area contributed by atoms with Gasteiger partial charge in [0.15, 0.2) is 0 Å². The van der Waals surface area contributed by atoms with Crippen LogP contribution >= 0.6 is 0 Å². The molecule has 2 aromatic rings. The van der Waals surface area contributed by atoms with E-state index in [0.717, 1.165) is 11.9 Å². The van der Waals surface area contributed by atoms with E-state index in [2.05, 4.69) is 10.3 Å². The molecule has 0 radical (unpaired) electrons. The minimum absolute atomic E-state index is 0.278. The summed E-state index contributed by atoms with van der Waals surface area (Å²) < 4.78 is 14.6. The molecule has 1 heterocycles. The van der Waals surface area contributed by atoms with E-state index in [4.69, 9.17) is 0 Å². The zero-order chi connectivity index (χ0) is 17.5. The minimum Gasteiger partial charge on any atom is -0.394 e. The summed E-state index contributed by atoms with van der Waals surface area (Å²) in [5.74, 6) is -0.369. The summed E-state index contributed by atoms with van der Waals surface area (Å²) in [4.78, 5) is 27.9. The van der Waals surface area contributed by atoms with Crippen LogP contribution in [-0.2, 0) is 11.2 Å². The average Bonchev–Trinajstić information content (AvgIpc) is 2.60. The van der Waals surface area contributed by atoms with Gasteiger partial charge < -0.3 is 10.1 Å². The van der Waals surface area contributed by atoms with Crippen molar-refractivity contribution >= 4 is 11.9 Å². The molecular formula is C18H20FN3O2. The second-order valence-electron chi connectivity index (χ2n) is 5.25.